The van der Waals surface area contributed by atoms with Crippen LogP contribution in [0.25, 0.3) is 11.0 Å². The SMILES string of the molecule is Cc1nn(CC(=O)Nc2ccn(Cc3ccc(Br)cc3)n2)c2nc(C3CC3)cc(C(F)(F)F)c12. The molecule has 1 aliphatic rings. The molecule has 1 amide bonds. The lowest BCUT2D eigenvalue weighted by Gasteiger charge is -2.11. The summed E-state index contributed by atoms with van der Waals surface area (Å²) in [6, 6.07) is 10.6. The van der Waals surface area contributed by atoms with Gasteiger partial charge in [0.2, 0.25) is 5.91 Å². The highest BCUT2D eigenvalue weighted by Crippen LogP contribution is 2.43. The predicted octanol–water partition coefficient (Wildman–Crippen LogP) is 5.28. The largest absolute Gasteiger partial charge is 0.417 e. The first-order valence-corrected chi connectivity index (χ1v) is 11.5. The highest BCUT2D eigenvalue weighted by Gasteiger charge is 2.37. The van der Waals surface area contributed by atoms with Crippen molar-refractivity contribution in [3.8, 4) is 0 Å². The Kier molecular flexibility index (Phi) is 5.67. The number of halogens is 4. The number of carbonyl (C=O) groups is 1. The van der Waals surface area contributed by atoms with E-state index in [0.717, 1.165) is 28.9 Å². The second-order valence-electron chi connectivity index (χ2n) is 8.38. The Morgan fingerprint density at radius 1 is 1.18 bits per heavy atom. The van der Waals surface area contributed by atoms with Gasteiger partial charge in [0.15, 0.2) is 11.5 Å². The monoisotopic (exact) mass is 532 g/mol. The fourth-order valence-electron chi connectivity index (χ4n) is 3.91. The average molecular weight is 533 g/mol. The van der Waals surface area contributed by atoms with Crippen LogP contribution in [0, 0.1) is 6.92 Å². The maximum absolute atomic E-state index is 13.7. The third-order valence-electron chi connectivity index (χ3n) is 5.66. The lowest BCUT2D eigenvalue weighted by atomic mass is 10.1. The van der Waals surface area contributed by atoms with Gasteiger partial charge >= 0.3 is 6.18 Å². The van der Waals surface area contributed by atoms with Crippen molar-refractivity contribution in [2.75, 3.05) is 5.32 Å². The number of anilines is 1. The molecule has 3 aromatic heterocycles. The smallest absolute Gasteiger partial charge is 0.308 e. The number of carbonyl (C=O) groups excluding carboxylic acids is 1. The van der Waals surface area contributed by atoms with Gasteiger partial charge in [0.1, 0.15) is 6.54 Å². The van der Waals surface area contributed by atoms with Crippen molar-refractivity contribution in [3.05, 3.63) is 69.6 Å². The van der Waals surface area contributed by atoms with Crippen LogP contribution in [0.1, 0.15) is 41.3 Å². The quantitative estimate of drug-likeness (QED) is 0.366. The number of aryl methyl sites for hydroxylation is 1. The highest BCUT2D eigenvalue weighted by atomic mass is 79.9. The van der Waals surface area contributed by atoms with E-state index in [1.807, 2.05) is 24.3 Å². The van der Waals surface area contributed by atoms with Gasteiger partial charge in [-0.15, -0.1) is 0 Å². The molecule has 0 spiro atoms. The maximum atomic E-state index is 13.7. The number of pyridine rings is 1. The van der Waals surface area contributed by atoms with Crippen molar-refractivity contribution in [3.63, 3.8) is 0 Å². The van der Waals surface area contributed by atoms with Crippen molar-refractivity contribution in [2.45, 2.75) is 44.9 Å². The van der Waals surface area contributed by atoms with Crippen LogP contribution in [-0.2, 0) is 24.1 Å². The van der Waals surface area contributed by atoms with Crippen molar-refractivity contribution in [1.29, 1.82) is 0 Å². The molecule has 176 valence electrons. The van der Waals surface area contributed by atoms with Gasteiger partial charge in [0.05, 0.1) is 23.2 Å². The second kappa shape index (κ2) is 8.53. The first kappa shape index (κ1) is 22.6. The Morgan fingerprint density at radius 2 is 1.91 bits per heavy atom. The number of fused-ring (bicyclic) bond motifs is 1. The molecule has 1 N–H and O–H groups in total. The molecule has 0 unspecified atom stereocenters. The summed E-state index contributed by atoms with van der Waals surface area (Å²) in [6.07, 6.45) is -1.17. The number of alkyl halides is 3. The summed E-state index contributed by atoms with van der Waals surface area (Å²) in [5, 5.41) is 11.2. The number of benzene rings is 1. The van der Waals surface area contributed by atoms with E-state index in [0.29, 0.717) is 18.1 Å². The lowest BCUT2D eigenvalue weighted by molar-refractivity contribution is -0.136. The number of nitrogens with one attached hydrogen (secondary N) is 1. The summed E-state index contributed by atoms with van der Waals surface area (Å²) in [7, 11) is 0. The number of hydrogen-bond acceptors (Lipinski definition) is 4. The molecule has 0 saturated heterocycles. The van der Waals surface area contributed by atoms with Crippen LogP contribution in [0.15, 0.2) is 47.1 Å². The molecule has 1 aliphatic carbocycles. The Bertz CT molecular complexity index is 1370. The lowest BCUT2D eigenvalue weighted by Crippen LogP contribution is -2.20. The standard InChI is InChI=1S/C23H20BrF3N6O/c1-13-21-17(23(25,26)27)10-18(15-4-5-15)28-22(21)33(30-13)12-20(34)29-19-8-9-32(31-19)11-14-2-6-16(24)7-3-14/h2-3,6-10,15H,4-5,11-12H2,1H3,(H,29,31,34). The van der Waals surface area contributed by atoms with Crippen LogP contribution in [0.3, 0.4) is 0 Å². The van der Waals surface area contributed by atoms with E-state index in [1.54, 1.807) is 16.9 Å². The van der Waals surface area contributed by atoms with Crippen LogP contribution in [0.2, 0.25) is 0 Å². The summed E-state index contributed by atoms with van der Waals surface area (Å²) in [4.78, 5) is 17.1. The number of rotatable bonds is 6. The molecule has 1 aromatic carbocycles. The van der Waals surface area contributed by atoms with Crippen molar-refractivity contribution in [1.82, 2.24) is 24.5 Å². The van der Waals surface area contributed by atoms with E-state index in [9.17, 15) is 18.0 Å². The minimum Gasteiger partial charge on any atom is -0.308 e. The third kappa shape index (κ3) is 4.70. The van der Waals surface area contributed by atoms with E-state index >= 15 is 0 Å². The van der Waals surface area contributed by atoms with Crippen LogP contribution >= 0.6 is 15.9 Å². The fourth-order valence-corrected chi connectivity index (χ4v) is 4.17. The number of aromatic nitrogens is 5. The van der Waals surface area contributed by atoms with Gasteiger partial charge in [-0.1, -0.05) is 28.1 Å². The zero-order chi connectivity index (χ0) is 24.0. The predicted molar refractivity (Wildman–Crippen MR) is 123 cm³/mol. The molecular formula is C23H20BrF3N6O. The van der Waals surface area contributed by atoms with E-state index in [2.05, 4.69) is 36.4 Å². The molecule has 3 heterocycles. The van der Waals surface area contributed by atoms with Gasteiger partial charge in [-0.2, -0.15) is 23.4 Å². The van der Waals surface area contributed by atoms with E-state index < -0.39 is 17.6 Å². The number of amides is 1. The molecule has 1 fully saturated rings. The summed E-state index contributed by atoms with van der Waals surface area (Å²) in [6.45, 7) is 1.75. The summed E-state index contributed by atoms with van der Waals surface area (Å²) in [5.41, 5.74) is 0.942. The minimum atomic E-state index is -4.53. The molecule has 5 rings (SSSR count). The maximum Gasteiger partial charge on any atom is 0.417 e. The zero-order valence-electron chi connectivity index (χ0n) is 18.1. The van der Waals surface area contributed by atoms with E-state index in [-0.39, 0.29) is 29.2 Å². The summed E-state index contributed by atoms with van der Waals surface area (Å²) >= 11 is 3.40. The van der Waals surface area contributed by atoms with Gasteiger partial charge in [-0.3, -0.25) is 9.48 Å². The second-order valence-corrected chi connectivity index (χ2v) is 9.30. The molecule has 4 aromatic rings. The topological polar surface area (TPSA) is 77.6 Å². The summed E-state index contributed by atoms with van der Waals surface area (Å²) < 4.78 is 45.1. The summed E-state index contributed by atoms with van der Waals surface area (Å²) in [5.74, 6) is -0.0824. The molecule has 0 atom stereocenters. The van der Waals surface area contributed by atoms with Crippen LogP contribution in [0.4, 0.5) is 19.0 Å². The van der Waals surface area contributed by atoms with Gasteiger partial charge in [-0.05, 0) is 43.5 Å². The Morgan fingerprint density at radius 3 is 2.59 bits per heavy atom. The van der Waals surface area contributed by atoms with Crippen molar-refractivity contribution < 1.29 is 18.0 Å². The van der Waals surface area contributed by atoms with Gasteiger partial charge in [-0.25, -0.2) is 9.67 Å². The first-order chi connectivity index (χ1) is 16.2. The third-order valence-corrected chi connectivity index (χ3v) is 6.19. The van der Waals surface area contributed by atoms with Gasteiger partial charge in [0, 0.05) is 28.3 Å². The molecule has 0 aliphatic heterocycles. The Hall–Kier alpha value is -3.21. The van der Waals surface area contributed by atoms with Crippen LogP contribution < -0.4 is 5.32 Å². The average Bonchev–Trinajstić information content (AvgIpc) is 3.47. The van der Waals surface area contributed by atoms with Gasteiger partial charge in [0.25, 0.3) is 0 Å². The normalized spacial score (nSPS) is 14.0. The molecule has 34 heavy (non-hydrogen) atoms. The minimum absolute atomic E-state index is 0.0256. The Labute approximate surface area is 201 Å². The molecule has 11 heteroatoms. The molecule has 1 saturated carbocycles. The molecule has 0 bridgehead atoms. The van der Waals surface area contributed by atoms with Crippen molar-refractivity contribution >= 4 is 38.7 Å². The fraction of sp³-hybridized carbons (Fsp3) is 0.304. The van der Waals surface area contributed by atoms with Crippen LogP contribution in [0.5, 0.6) is 0 Å². The highest BCUT2D eigenvalue weighted by molar-refractivity contribution is 9.10. The van der Waals surface area contributed by atoms with Crippen LogP contribution in [-0.4, -0.2) is 30.5 Å². The van der Waals surface area contributed by atoms with Gasteiger partial charge < -0.3 is 5.32 Å². The van der Waals surface area contributed by atoms with E-state index in [4.69, 9.17) is 0 Å². The molecule has 0 radical (unpaired) electrons. The molecular weight excluding hydrogens is 513 g/mol. The van der Waals surface area contributed by atoms with E-state index in [1.165, 1.54) is 11.6 Å². The first-order valence-electron chi connectivity index (χ1n) is 10.7. The molecule has 7 nitrogen and oxygen atoms in total. The van der Waals surface area contributed by atoms with Crippen molar-refractivity contribution in [2.24, 2.45) is 0 Å². The zero-order valence-corrected chi connectivity index (χ0v) is 19.7. The Balaban J connectivity index is 1.35. The number of hydrogen-bond donors (Lipinski definition) is 1. The number of nitrogens with zero attached hydrogens (tertiary/aromatic N) is 5.